The predicted octanol–water partition coefficient (Wildman–Crippen LogP) is 2.95. The van der Waals surface area contributed by atoms with Crippen LogP contribution >= 0.6 is 11.3 Å². The fourth-order valence-electron chi connectivity index (χ4n) is 2.14. The Hall–Kier alpha value is -1.06. The molecule has 1 atom stereocenters. The summed E-state index contributed by atoms with van der Waals surface area (Å²) in [7, 11) is 0. The third kappa shape index (κ3) is 1.81. The molecule has 1 unspecified atom stereocenters. The Morgan fingerprint density at radius 1 is 1.44 bits per heavy atom. The molecule has 0 amide bonds. The minimum Gasteiger partial charge on any atom is -0.489 e. The van der Waals surface area contributed by atoms with E-state index in [0.29, 0.717) is 6.10 Å². The van der Waals surface area contributed by atoms with Gasteiger partial charge in [-0.15, -0.1) is 11.3 Å². The quantitative estimate of drug-likeness (QED) is 0.861. The Morgan fingerprint density at radius 3 is 3.19 bits per heavy atom. The van der Waals surface area contributed by atoms with Gasteiger partial charge in [-0.25, -0.2) is 0 Å². The van der Waals surface area contributed by atoms with Crippen LogP contribution < -0.4 is 10.1 Å². The Balaban J connectivity index is 1.87. The molecule has 1 aromatic carbocycles. The average molecular weight is 233 g/mol. The molecule has 1 aliphatic heterocycles. The van der Waals surface area contributed by atoms with Crippen LogP contribution in [0.2, 0.25) is 0 Å². The standard InChI is InChI=1S/C13H15NOS/c1-9-8-16-13-6-10(2-3-12(9)13)15-11-4-5-14-7-11/h2-3,6,8,11,14H,4-5,7H2,1H3. The first-order valence-electron chi connectivity index (χ1n) is 5.68. The van der Waals surface area contributed by atoms with E-state index in [1.807, 2.05) is 0 Å². The van der Waals surface area contributed by atoms with Crippen molar-refractivity contribution in [1.82, 2.24) is 5.32 Å². The van der Waals surface area contributed by atoms with Crippen molar-refractivity contribution in [2.24, 2.45) is 0 Å². The van der Waals surface area contributed by atoms with Crippen LogP contribution in [0.3, 0.4) is 0 Å². The van der Waals surface area contributed by atoms with Crippen molar-refractivity contribution in [3.05, 3.63) is 29.1 Å². The number of rotatable bonds is 2. The third-order valence-electron chi connectivity index (χ3n) is 3.06. The van der Waals surface area contributed by atoms with Gasteiger partial charge in [0.05, 0.1) is 0 Å². The summed E-state index contributed by atoms with van der Waals surface area (Å²) >= 11 is 1.79. The molecule has 0 radical (unpaired) electrons. The van der Waals surface area contributed by atoms with Crippen LogP contribution in [-0.2, 0) is 0 Å². The summed E-state index contributed by atoms with van der Waals surface area (Å²) in [6.07, 6.45) is 1.46. The summed E-state index contributed by atoms with van der Waals surface area (Å²) in [6.45, 7) is 4.20. The second-order valence-electron chi connectivity index (χ2n) is 4.31. The fourth-order valence-corrected chi connectivity index (χ4v) is 3.11. The van der Waals surface area contributed by atoms with Gasteiger partial charge < -0.3 is 10.1 Å². The van der Waals surface area contributed by atoms with E-state index in [2.05, 4.69) is 35.8 Å². The van der Waals surface area contributed by atoms with Crippen molar-refractivity contribution in [1.29, 1.82) is 0 Å². The van der Waals surface area contributed by atoms with Crippen LogP contribution in [0.4, 0.5) is 0 Å². The molecule has 0 aliphatic carbocycles. The van der Waals surface area contributed by atoms with E-state index in [4.69, 9.17) is 4.74 Å². The molecule has 1 aliphatic rings. The van der Waals surface area contributed by atoms with Crippen molar-refractivity contribution in [2.45, 2.75) is 19.4 Å². The molecule has 0 saturated carbocycles. The topological polar surface area (TPSA) is 21.3 Å². The first kappa shape index (κ1) is 10.1. The Labute approximate surface area is 99.2 Å². The maximum Gasteiger partial charge on any atom is 0.121 e. The van der Waals surface area contributed by atoms with Gasteiger partial charge in [-0.1, -0.05) is 0 Å². The Kier molecular flexibility index (Phi) is 2.58. The van der Waals surface area contributed by atoms with Gasteiger partial charge in [-0.3, -0.25) is 0 Å². The SMILES string of the molecule is Cc1csc2cc(OC3CCNC3)ccc12. The molecule has 1 fully saturated rings. The van der Waals surface area contributed by atoms with Crippen molar-refractivity contribution in [3.63, 3.8) is 0 Å². The predicted molar refractivity (Wildman–Crippen MR) is 68.5 cm³/mol. The van der Waals surface area contributed by atoms with E-state index < -0.39 is 0 Å². The molecule has 2 aromatic rings. The minimum atomic E-state index is 0.346. The van der Waals surface area contributed by atoms with Gasteiger partial charge in [-0.2, -0.15) is 0 Å². The highest BCUT2D eigenvalue weighted by Crippen LogP contribution is 2.29. The van der Waals surface area contributed by atoms with Crippen LogP contribution in [0.15, 0.2) is 23.6 Å². The number of ether oxygens (including phenoxy) is 1. The summed E-state index contributed by atoms with van der Waals surface area (Å²) in [6, 6.07) is 6.41. The van der Waals surface area contributed by atoms with Crippen molar-refractivity contribution >= 4 is 21.4 Å². The zero-order chi connectivity index (χ0) is 11.0. The number of thiophene rings is 1. The maximum atomic E-state index is 5.94. The van der Waals surface area contributed by atoms with Crippen LogP contribution in [0.25, 0.3) is 10.1 Å². The van der Waals surface area contributed by atoms with E-state index in [1.165, 1.54) is 15.6 Å². The number of nitrogens with one attached hydrogen (secondary N) is 1. The van der Waals surface area contributed by atoms with Crippen LogP contribution in [0.5, 0.6) is 5.75 Å². The van der Waals surface area contributed by atoms with Crippen molar-refractivity contribution < 1.29 is 4.74 Å². The monoisotopic (exact) mass is 233 g/mol. The molecule has 2 nitrogen and oxygen atoms in total. The number of fused-ring (bicyclic) bond motifs is 1. The number of aryl methyl sites for hydroxylation is 1. The van der Waals surface area contributed by atoms with E-state index >= 15 is 0 Å². The van der Waals surface area contributed by atoms with E-state index in [9.17, 15) is 0 Å². The highest BCUT2D eigenvalue weighted by molar-refractivity contribution is 7.17. The highest BCUT2D eigenvalue weighted by Gasteiger charge is 2.15. The van der Waals surface area contributed by atoms with Crippen molar-refractivity contribution in [3.8, 4) is 5.75 Å². The molecular weight excluding hydrogens is 218 g/mol. The fraction of sp³-hybridized carbons (Fsp3) is 0.385. The second-order valence-corrected chi connectivity index (χ2v) is 5.22. The van der Waals surface area contributed by atoms with Crippen LogP contribution in [-0.4, -0.2) is 19.2 Å². The van der Waals surface area contributed by atoms with Gasteiger partial charge in [0.25, 0.3) is 0 Å². The molecular formula is C13H15NOS. The third-order valence-corrected chi connectivity index (χ3v) is 4.12. The van der Waals surface area contributed by atoms with Gasteiger partial charge in [0.15, 0.2) is 0 Å². The Bertz CT molecular complexity index is 500. The number of benzene rings is 1. The molecule has 1 saturated heterocycles. The highest BCUT2D eigenvalue weighted by atomic mass is 32.1. The van der Waals surface area contributed by atoms with Crippen LogP contribution in [0.1, 0.15) is 12.0 Å². The maximum absolute atomic E-state index is 5.94. The smallest absolute Gasteiger partial charge is 0.121 e. The van der Waals surface area contributed by atoms with Crippen molar-refractivity contribution in [2.75, 3.05) is 13.1 Å². The van der Waals surface area contributed by atoms with Gasteiger partial charge in [0.1, 0.15) is 11.9 Å². The van der Waals surface area contributed by atoms with E-state index in [1.54, 1.807) is 11.3 Å². The second kappa shape index (κ2) is 4.07. The van der Waals surface area contributed by atoms with Gasteiger partial charge in [-0.05, 0) is 54.4 Å². The Morgan fingerprint density at radius 2 is 2.38 bits per heavy atom. The molecule has 3 rings (SSSR count). The van der Waals surface area contributed by atoms with E-state index in [0.717, 1.165) is 25.3 Å². The molecule has 1 N–H and O–H groups in total. The molecule has 0 bridgehead atoms. The normalized spacial score (nSPS) is 20.4. The summed E-state index contributed by atoms with van der Waals surface area (Å²) in [5, 5.41) is 6.86. The molecule has 84 valence electrons. The minimum absolute atomic E-state index is 0.346. The molecule has 16 heavy (non-hydrogen) atoms. The number of hydrogen-bond donors (Lipinski definition) is 1. The first-order chi connectivity index (χ1) is 7.83. The molecule has 1 aromatic heterocycles. The zero-order valence-electron chi connectivity index (χ0n) is 9.32. The summed E-state index contributed by atoms with van der Waals surface area (Å²) in [5.74, 6) is 1.00. The summed E-state index contributed by atoms with van der Waals surface area (Å²) in [5.41, 5.74) is 1.36. The van der Waals surface area contributed by atoms with Gasteiger partial charge >= 0.3 is 0 Å². The summed E-state index contributed by atoms with van der Waals surface area (Å²) in [4.78, 5) is 0. The zero-order valence-corrected chi connectivity index (χ0v) is 10.1. The molecule has 0 spiro atoms. The lowest BCUT2D eigenvalue weighted by Gasteiger charge is -2.12. The molecule has 2 heterocycles. The lowest BCUT2D eigenvalue weighted by atomic mass is 10.2. The van der Waals surface area contributed by atoms with Gasteiger partial charge in [0, 0.05) is 11.2 Å². The van der Waals surface area contributed by atoms with Gasteiger partial charge in [0.2, 0.25) is 0 Å². The van der Waals surface area contributed by atoms with Crippen LogP contribution in [0, 0.1) is 6.92 Å². The summed E-state index contributed by atoms with van der Waals surface area (Å²) < 4.78 is 7.26. The number of hydrogen-bond acceptors (Lipinski definition) is 3. The van der Waals surface area contributed by atoms with E-state index in [-0.39, 0.29) is 0 Å². The lowest BCUT2D eigenvalue weighted by Crippen LogP contribution is -2.19. The lowest BCUT2D eigenvalue weighted by molar-refractivity contribution is 0.223. The largest absolute Gasteiger partial charge is 0.489 e. The molecule has 3 heteroatoms. The average Bonchev–Trinajstić information content (AvgIpc) is 2.90. The first-order valence-corrected chi connectivity index (χ1v) is 6.56.